The lowest BCUT2D eigenvalue weighted by Gasteiger charge is -2.12. The molecule has 1 aromatic heterocycles. The molecule has 0 bridgehead atoms. The minimum absolute atomic E-state index is 1.10. The van der Waals surface area contributed by atoms with Crippen molar-refractivity contribution in [3.05, 3.63) is 21.3 Å². The van der Waals surface area contributed by atoms with E-state index in [1.54, 1.807) is 11.3 Å². The Kier molecular flexibility index (Phi) is 9.96. The molecule has 2 rings (SSSR count). The van der Waals surface area contributed by atoms with Crippen LogP contribution in [0.3, 0.4) is 0 Å². The summed E-state index contributed by atoms with van der Waals surface area (Å²) in [4.78, 5) is 0. The van der Waals surface area contributed by atoms with Gasteiger partial charge in [0.05, 0.1) is 3.79 Å². The van der Waals surface area contributed by atoms with Gasteiger partial charge in [0.15, 0.2) is 0 Å². The van der Waals surface area contributed by atoms with Crippen LogP contribution in [0.1, 0.15) is 71.1 Å². The summed E-state index contributed by atoms with van der Waals surface area (Å²) in [6.07, 6.45) is 14.9. The molecule has 0 N–H and O–H groups in total. The Morgan fingerprint density at radius 2 is 1.89 bits per heavy atom. The van der Waals surface area contributed by atoms with E-state index in [1.165, 1.54) is 68.0 Å². The first-order chi connectivity index (χ1) is 8.83. The summed E-state index contributed by atoms with van der Waals surface area (Å²) >= 11 is 4.99. The second-order valence-corrected chi connectivity index (χ2v) is 7.60. The molecule has 0 atom stereocenters. The number of rotatable bonds is 4. The van der Waals surface area contributed by atoms with Gasteiger partial charge in [0.2, 0.25) is 0 Å². The van der Waals surface area contributed by atoms with Crippen molar-refractivity contribution in [2.45, 2.75) is 71.1 Å². The molecule has 0 aromatic carbocycles. The van der Waals surface area contributed by atoms with Crippen LogP contribution in [-0.4, -0.2) is 0 Å². The minimum atomic E-state index is 1.10. The summed E-state index contributed by atoms with van der Waals surface area (Å²) in [7, 11) is 0. The van der Waals surface area contributed by atoms with Crippen LogP contribution in [0.15, 0.2) is 21.3 Å². The Hall–Kier alpha value is 0.180. The highest BCUT2D eigenvalue weighted by Crippen LogP contribution is 2.26. The van der Waals surface area contributed by atoms with E-state index in [1.807, 2.05) is 17.5 Å². The molecule has 0 aliphatic heterocycles. The minimum Gasteiger partial charge on any atom is -0.137 e. The maximum absolute atomic E-state index is 3.30. The molecule has 1 aromatic rings. The summed E-state index contributed by atoms with van der Waals surface area (Å²) in [5, 5.41) is 2.03. The monoisotopic (exact) mass is 330 g/mol. The fourth-order valence-corrected chi connectivity index (χ4v) is 3.51. The summed E-state index contributed by atoms with van der Waals surface area (Å²) < 4.78 is 1.20. The maximum Gasteiger partial charge on any atom is 0.0698 e. The van der Waals surface area contributed by atoms with E-state index in [0.717, 1.165) is 5.92 Å². The van der Waals surface area contributed by atoms with Crippen LogP contribution in [0, 0.1) is 5.92 Å². The Morgan fingerprint density at radius 1 is 1.17 bits per heavy atom. The van der Waals surface area contributed by atoms with Gasteiger partial charge in [0.25, 0.3) is 0 Å². The van der Waals surface area contributed by atoms with E-state index in [4.69, 9.17) is 0 Å². The molecule has 0 saturated heterocycles. The van der Waals surface area contributed by atoms with Crippen molar-refractivity contribution in [3.63, 3.8) is 0 Å². The van der Waals surface area contributed by atoms with E-state index >= 15 is 0 Å². The smallest absolute Gasteiger partial charge is 0.0698 e. The van der Waals surface area contributed by atoms with E-state index in [9.17, 15) is 0 Å². The van der Waals surface area contributed by atoms with Gasteiger partial charge in [-0.3, -0.25) is 0 Å². The quantitative estimate of drug-likeness (QED) is 0.410. The summed E-state index contributed by atoms with van der Waals surface area (Å²) in [6, 6.07) is 4.03. The first kappa shape index (κ1) is 16.2. The second kappa shape index (κ2) is 11.0. The molecule has 1 aliphatic rings. The van der Waals surface area contributed by atoms with Crippen molar-refractivity contribution in [2.24, 2.45) is 5.92 Å². The first-order valence-corrected chi connectivity index (χ1v) is 9.19. The molecule has 0 nitrogen and oxygen atoms in total. The van der Waals surface area contributed by atoms with Crippen LogP contribution in [0.2, 0.25) is 0 Å². The number of halogens is 1. The van der Waals surface area contributed by atoms with Gasteiger partial charge in [-0.1, -0.05) is 77.2 Å². The van der Waals surface area contributed by atoms with Gasteiger partial charge in [-0.2, -0.15) is 0 Å². The number of thiophene rings is 1. The van der Waals surface area contributed by atoms with Crippen LogP contribution >= 0.6 is 27.3 Å². The summed E-state index contributed by atoms with van der Waals surface area (Å²) in [5.74, 6) is 1.10. The van der Waals surface area contributed by atoms with Crippen molar-refractivity contribution in [2.75, 3.05) is 0 Å². The SMILES string of the molecule is Brc1cccs1.CCCCCC1CCCCCC1. The van der Waals surface area contributed by atoms with E-state index < -0.39 is 0 Å². The molecule has 0 amide bonds. The molecule has 1 fully saturated rings. The molecule has 18 heavy (non-hydrogen) atoms. The highest BCUT2D eigenvalue weighted by atomic mass is 79.9. The molecule has 0 unspecified atom stereocenters. The molecule has 0 spiro atoms. The highest BCUT2D eigenvalue weighted by molar-refractivity contribution is 9.11. The zero-order valence-corrected chi connectivity index (χ0v) is 14.1. The predicted molar refractivity (Wildman–Crippen MR) is 87.4 cm³/mol. The van der Waals surface area contributed by atoms with Gasteiger partial charge in [-0.25, -0.2) is 0 Å². The lowest BCUT2D eigenvalue weighted by atomic mass is 9.94. The van der Waals surface area contributed by atoms with Crippen molar-refractivity contribution in [1.29, 1.82) is 0 Å². The van der Waals surface area contributed by atoms with E-state index in [-0.39, 0.29) is 0 Å². The molecular formula is C16H27BrS. The van der Waals surface area contributed by atoms with Gasteiger partial charge in [-0.15, -0.1) is 11.3 Å². The van der Waals surface area contributed by atoms with Crippen molar-refractivity contribution in [1.82, 2.24) is 0 Å². The number of unbranched alkanes of at least 4 members (excludes halogenated alkanes) is 2. The van der Waals surface area contributed by atoms with Crippen molar-refractivity contribution >= 4 is 27.3 Å². The third-order valence-electron chi connectivity index (χ3n) is 3.68. The Balaban J connectivity index is 0.000000225. The van der Waals surface area contributed by atoms with Crippen LogP contribution in [0.4, 0.5) is 0 Å². The maximum atomic E-state index is 3.30. The Morgan fingerprint density at radius 3 is 2.33 bits per heavy atom. The number of hydrogen-bond donors (Lipinski definition) is 0. The fourth-order valence-electron chi connectivity index (χ4n) is 2.59. The zero-order chi connectivity index (χ0) is 13.1. The topological polar surface area (TPSA) is 0 Å². The molecular weight excluding hydrogens is 304 g/mol. The normalized spacial score (nSPS) is 16.8. The average molecular weight is 331 g/mol. The van der Waals surface area contributed by atoms with Crippen molar-refractivity contribution in [3.8, 4) is 0 Å². The Bertz CT molecular complexity index is 261. The van der Waals surface area contributed by atoms with Crippen molar-refractivity contribution < 1.29 is 0 Å². The third-order valence-corrected chi connectivity index (χ3v) is 5.16. The highest BCUT2D eigenvalue weighted by Gasteiger charge is 2.10. The lowest BCUT2D eigenvalue weighted by Crippen LogP contribution is -1.97. The molecule has 1 saturated carbocycles. The average Bonchev–Trinajstić information content (AvgIpc) is 2.70. The lowest BCUT2D eigenvalue weighted by molar-refractivity contribution is 0.409. The van der Waals surface area contributed by atoms with E-state index in [2.05, 4.69) is 22.9 Å². The predicted octanol–water partition coefficient (Wildman–Crippen LogP) is 7.05. The third kappa shape index (κ3) is 8.31. The first-order valence-electron chi connectivity index (χ1n) is 7.52. The molecule has 0 radical (unpaired) electrons. The molecule has 104 valence electrons. The van der Waals surface area contributed by atoms with Gasteiger partial charge in [-0.05, 0) is 33.3 Å². The molecule has 2 heteroatoms. The van der Waals surface area contributed by atoms with E-state index in [0.29, 0.717) is 0 Å². The summed E-state index contributed by atoms with van der Waals surface area (Å²) in [5.41, 5.74) is 0. The Labute approximate surface area is 125 Å². The molecule has 1 heterocycles. The van der Waals surface area contributed by atoms with Gasteiger partial charge in [0, 0.05) is 0 Å². The van der Waals surface area contributed by atoms with Gasteiger partial charge >= 0.3 is 0 Å². The summed E-state index contributed by atoms with van der Waals surface area (Å²) in [6.45, 7) is 2.30. The largest absolute Gasteiger partial charge is 0.137 e. The van der Waals surface area contributed by atoms with Crippen LogP contribution in [0.5, 0.6) is 0 Å². The van der Waals surface area contributed by atoms with Crippen LogP contribution in [-0.2, 0) is 0 Å². The van der Waals surface area contributed by atoms with Crippen LogP contribution in [0.25, 0.3) is 0 Å². The van der Waals surface area contributed by atoms with Gasteiger partial charge in [0.1, 0.15) is 0 Å². The zero-order valence-electron chi connectivity index (χ0n) is 11.7. The second-order valence-electron chi connectivity index (χ2n) is 5.27. The standard InChI is InChI=1S/C12H24.C4H3BrS/c1-2-3-6-9-12-10-7-4-5-8-11-12;5-4-2-1-3-6-4/h12H,2-11H2,1H3;1-3H. The van der Waals surface area contributed by atoms with Crippen LogP contribution < -0.4 is 0 Å². The number of hydrogen-bond acceptors (Lipinski definition) is 1. The molecule has 1 aliphatic carbocycles. The van der Waals surface area contributed by atoms with Gasteiger partial charge < -0.3 is 0 Å². The fraction of sp³-hybridized carbons (Fsp3) is 0.750.